The molecule has 3 amide bonds. The summed E-state index contributed by atoms with van der Waals surface area (Å²) in [7, 11) is 1.86. The lowest BCUT2D eigenvalue weighted by Gasteiger charge is -2.34. The number of nitrogens with one attached hydrogen (secondary N) is 3. The standard InChI is InChI=1S/C33H41FN6O7/c1-17-22(15-37-28-27(17)40(9-10-44-28)31(43)47-33(5,6)7)21-11-18-12-24(38-29(41)45-20-13-19(14-20)35-8)36-16-23(18)26(25(21)34)39-30(42)46-32(2,3)4/h11-12,15-16,19-20,35H,9-10,13-14H2,1-8H3,(H,39,42)(H,36,38,41). The monoisotopic (exact) mass is 652 g/mol. The van der Waals surface area contributed by atoms with E-state index in [1.807, 2.05) is 7.05 Å². The van der Waals surface area contributed by atoms with Gasteiger partial charge in [-0.2, -0.15) is 0 Å². The molecule has 0 radical (unpaired) electrons. The van der Waals surface area contributed by atoms with Crippen LogP contribution in [-0.4, -0.2) is 71.8 Å². The average molecular weight is 653 g/mol. The van der Waals surface area contributed by atoms with Gasteiger partial charge >= 0.3 is 18.3 Å². The quantitative estimate of drug-likeness (QED) is 0.260. The SMILES string of the molecule is CNC1CC(OC(=O)Nc2cc3cc(-c4cnc5c(c4C)N(C(=O)OC(C)(C)C)CCO5)c(F)c(NC(=O)OC(C)(C)C)c3cn2)C1. The van der Waals surface area contributed by atoms with Crippen molar-refractivity contribution in [2.24, 2.45) is 0 Å². The second kappa shape index (κ2) is 12.8. The maximum absolute atomic E-state index is 16.6. The zero-order chi connectivity index (χ0) is 34.3. The third-order valence-electron chi connectivity index (χ3n) is 7.59. The number of benzene rings is 1. The van der Waals surface area contributed by atoms with Crippen LogP contribution in [0.4, 0.5) is 36.0 Å². The summed E-state index contributed by atoms with van der Waals surface area (Å²) in [6, 6.07) is 3.42. The maximum Gasteiger partial charge on any atom is 0.415 e. The third-order valence-corrected chi connectivity index (χ3v) is 7.59. The van der Waals surface area contributed by atoms with Crippen LogP contribution < -0.4 is 25.6 Å². The van der Waals surface area contributed by atoms with Gasteiger partial charge in [-0.1, -0.05) is 0 Å². The minimum atomic E-state index is -0.870. The lowest BCUT2D eigenvalue weighted by Crippen LogP contribution is -2.45. The Labute approximate surface area is 272 Å². The molecule has 3 aromatic rings. The van der Waals surface area contributed by atoms with Gasteiger partial charge in [0.1, 0.15) is 35.4 Å². The number of hydrogen-bond donors (Lipinski definition) is 3. The number of carbonyl (C=O) groups excluding carboxylic acids is 3. The van der Waals surface area contributed by atoms with Crippen LogP contribution in [0, 0.1) is 12.7 Å². The summed E-state index contributed by atoms with van der Waals surface area (Å²) < 4.78 is 38.8. The first kappa shape index (κ1) is 33.6. The number of fused-ring (bicyclic) bond motifs is 2. The number of rotatable bonds is 5. The normalized spacial score (nSPS) is 17.6. The van der Waals surface area contributed by atoms with E-state index in [1.54, 1.807) is 60.6 Å². The van der Waals surface area contributed by atoms with Crippen LogP contribution in [0.5, 0.6) is 5.88 Å². The molecule has 2 aliphatic rings. The molecule has 1 aliphatic carbocycles. The molecule has 1 saturated carbocycles. The minimum absolute atomic E-state index is 0.0679. The molecule has 47 heavy (non-hydrogen) atoms. The highest BCUT2D eigenvalue weighted by Crippen LogP contribution is 2.42. The van der Waals surface area contributed by atoms with Gasteiger partial charge in [0.05, 0.1) is 12.2 Å². The van der Waals surface area contributed by atoms with Gasteiger partial charge in [0.2, 0.25) is 5.88 Å². The molecule has 3 N–H and O–H groups in total. The fraction of sp³-hybridized carbons (Fsp3) is 0.485. The van der Waals surface area contributed by atoms with Crippen LogP contribution in [0.3, 0.4) is 0 Å². The molecule has 5 rings (SSSR count). The van der Waals surface area contributed by atoms with Crippen LogP contribution >= 0.6 is 0 Å². The molecule has 3 heterocycles. The number of halogens is 1. The molecule has 14 heteroatoms. The summed E-state index contributed by atoms with van der Waals surface area (Å²) in [5, 5.41) is 9.01. The first-order valence-electron chi connectivity index (χ1n) is 15.4. The molecule has 0 spiro atoms. The Hall–Kier alpha value is -4.72. The van der Waals surface area contributed by atoms with Gasteiger partial charge in [0, 0.05) is 34.9 Å². The van der Waals surface area contributed by atoms with Crippen molar-refractivity contribution in [3.63, 3.8) is 0 Å². The van der Waals surface area contributed by atoms with Crippen molar-refractivity contribution in [1.82, 2.24) is 15.3 Å². The van der Waals surface area contributed by atoms with Crippen molar-refractivity contribution in [2.75, 3.05) is 35.7 Å². The summed E-state index contributed by atoms with van der Waals surface area (Å²) in [6.45, 7) is 12.5. The van der Waals surface area contributed by atoms with Crippen LogP contribution in [0.25, 0.3) is 21.9 Å². The lowest BCUT2D eigenvalue weighted by atomic mass is 9.89. The molecule has 0 bridgehead atoms. The molecule has 1 aromatic carbocycles. The van der Waals surface area contributed by atoms with Gasteiger partial charge in [-0.15, -0.1) is 0 Å². The van der Waals surface area contributed by atoms with Gasteiger partial charge in [0.15, 0.2) is 5.82 Å². The lowest BCUT2D eigenvalue weighted by molar-refractivity contribution is 0.0422. The number of pyridine rings is 2. The molecule has 252 valence electrons. The summed E-state index contributed by atoms with van der Waals surface area (Å²) in [4.78, 5) is 48.8. The minimum Gasteiger partial charge on any atom is -0.474 e. The zero-order valence-electron chi connectivity index (χ0n) is 27.9. The second-order valence-corrected chi connectivity index (χ2v) is 13.6. The van der Waals surface area contributed by atoms with Crippen molar-refractivity contribution in [3.05, 3.63) is 35.9 Å². The average Bonchev–Trinajstić information content (AvgIpc) is 2.94. The Bertz CT molecular complexity index is 1710. The Morgan fingerprint density at radius 1 is 0.957 bits per heavy atom. The summed E-state index contributed by atoms with van der Waals surface area (Å²) in [6.07, 6.45) is 1.89. The molecule has 1 aliphatic heterocycles. The van der Waals surface area contributed by atoms with Gasteiger partial charge in [-0.3, -0.25) is 15.5 Å². The number of hydrogen-bond acceptors (Lipinski definition) is 10. The van der Waals surface area contributed by atoms with E-state index >= 15 is 4.39 Å². The number of nitrogens with zero attached hydrogens (tertiary/aromatic N) is 3. The molecule has 0 unspecified atom stereocenters. The number of ether oxygens (including phenoxy) is 4. The van der Waals surface area contributed by atoms with Crippen molar-refractivity contribution >= 4 is 46.2 Å². The third kappa shape index (κ3) is 7.64. The summed E-state index contributed by atoms with van der Waals surface area (Å²) >= 11 is 0. The Morgan fingerprint density at radius 3 is 2.32 bits per heavy atom. The van der Waals surface area contributed by atoms with Crippen molar-refractivity contribution in [3.8, 4) is 17.0 Å². The molecule has 0 saturated heterocycles. The number of anilines is 3. The Kier molecular flexibility index (Phi) is 9.18. The molecule has 0 atom stereocenters. The zero-order valence-corrected chi connectivity index (χ0v) is 27.9. The van der Waals surface area contributed by atoms with E-state index in [0.717, 1.165) is 0 Å². The van der Waals surface area contributed by atoms with Crippen molar-refractivity contribution < 1.29 is 37.7 Å². The fourth-order valence-electron chi connectivity index (χ4n) is 5.36. The molecule has 1 fully saturated rings. The summed E-state index contributed by atoms with van der Waals surface area (Å²) in [5.41, 5.74) is -0.526. The van der Waals surface area contributed by atoms with E-state index in [0.29, 0.717) is 41.1 Å². The highest BCUT2D eigenvalue weighted by Gasteiger charge is 2.33. The van der Waals surface area contributed by atoms with E-state index in [2.05, 4.69) is 25.9 Å². The van der Waals surface area contributed by atoms with Gasteiger partial charge in [-0.05, 0) is 91.4 Å². The topological polar surface area (TPSA) is 153 Å². The van der Waals surface area contributed by atoms with Crippen LogP contribution in [0.2, 0.25) is 0 Å². The highest BCUT2D eigenvalue weighted by molar-refractivity contribution is 6.05. The van der Waals surface area contributed by atoms with Crippen molar-refractivity contribution in [2.45, 2.75) is 84.7 Å². The van der Waals surface area contributed by atoms with E-state index in [1.165, 1.54) is 17.3 Å². The first-order chi connectivity index (χ1) is 22.0. The Balaban J connectivity index is 1.57. The largest absolute Gasteiger partial charge is 0.474 e. The predicted molar refractivity (Wildman–Crippen MR) is 175 cm³/mol. The number of amides is 3. The van der Waals surface area contributed by atoms with E-state index in [9.17, 15) is 14.4 Å². The highest BCUT2D eigenvalue weighted by atomic mass is 19.1. The van der Waals surface area contributed by atoms with Crippen molar-refractivity contribution in [1.29, 1.82) is 0 Å². The van der Waals surface area contributed by atoms with E-state index < -0.39 is 35.3 Å². The number of aromatic nitrogens is 2. The number of carbonyl (C=O) groups is 3. The fourth-order valence-corrected chi connectivity index (χ4v) is 5.36. The van der Waals surface area contributed by atoms with Gasteiger partial charge in [0.25, 0.3) is 0 Å². The van der Waals surface area contributed by atoms with Gasteiger partial charge in [-0.25, -0.2) is 28.7 Å². The van der Waals surface area contributed by atoms with Gasteiger partial charge < -0.3 is 24.3 Å². The molecular formula is C33H41FN6O7. The first-order valence-corrected chi connectivity index (χ1v) is 15.4. The summed E-state index contributed by atoms with van der Waals surface area (Å²) in [5.74, 6) is -0.407. The smallest absolute Gasteiger partial charge is 0.415 e. The predicted octanol–water partition coefficient (Wildman–Crippen LogP) is 6.52. The molecule has 2 aromatic heterocycles. The van der Waals surface area contributed by atoms with E-state index in [4.69, 9.17) is 18.9 Å². The second-order valence-electron chi connectivity index (χ2n) is 13.6. The van der Waals surface area contributed by atoms with Crippen LogP contribution in [0.15, 0.2) is 24.5 Å². The molecular weight excluding hydrogens is 611 g/mol. The molecule has 13 nitrogen and oxygen atoms in total. The van der Waals surface area contributed by atoms with Crippen LogP contribution in [0.1, 0.15) is 59.9 Å². The van der Waals surface area contributed by atoms with Crippen LogP contribution in [-0.2, 0) is 14.2 Å². The Morgan fingerprint density at radius 2 is 1.66 bits per heavy atom. The maximum atomic E-state index is 16.6. The van der Waals surface area contributed by atoms with E-state index in [-0.39, 0.29) is 47.6 Å².